The van der Waals surface area contributed by atoms with E-state index in [0.29, 0.717) is 5.56 Å². The van der Waals surface area contributed by atoms with E-state index in [1.165, 1.54) is 0 Å². The second kappa shape index (κ2) is 4.67. The van der Waals surface area contributed by atoms with E-state index >= 15 is 0 Å². The minimum absolute atomic E-state index is 0.191. The molecule has 0 aliphatic carbocycles. The Bertz CT molecular complexity index is 382. The molecule has 2 rings (SSSR count). The first kappa shape index (κ1) is 12.4. The Morgan fingerprint density at radius 3 is 2.41 bits per heavy atom. The van der Waals surface area contributed by atoms with E-state index in [1.807, 2.05) is 19.1 Å². The highest BCUT2D eigenvalue weighted by atomic mass is 16.3. The lowest BCUT2D eigenvalue weighted by atomic mass is 9.77. The van der Waals surface area contributed by atoms with Crippen molar-refractivity contribution in [3.8, 4) is 5.75 Å². The van der Waals surface area contributed by atoms with Crippen LogP contribution in [0.25, 0.3) is 0 Å². The lowest BCUT2D eigenvalue weighted by Crippen LogP contribution is -2.40. The minimum atomic E-state index is -0.938. The van der Waals surface area contributed by atoms with Gasteiger partial charge in [-0.1, -0.05) is 18.2 Å². The van der Waals surface area contributed by atoms with Gasteiger partial charge in [0.15, 0.2) is 0 Å². The summed E-state index contributed by atoms with van der Waals surface area (Å²) >= 11 is 0. The molecule has 0 radical (unpaired) electrons. The molecule has 1 saturated heterocycles. The number of benzene rings is 1. The molecule has 3 nitrogen and oxygen atoms in total. The van der Waals surface area contributed by atoms with Crippen LogP contribution in [-0.4, -0.2) is 35.3 Å². The molecule has 2 N–H and O–H groups in total. The first-order valence-corrected chi connectivity index (χ1v) is 6.21. The van der Waals surface area contributed by atoms with E-state index in [1.54, 1.807) is 12.1 Å². The highest BCUT2D eigenvalue weighted by Crippen LogP contribution is 2.39. The van der Waals surface area contributed by atoms with E-state index in [-0.39, 0.29) is 11.7 Å². The molecule has 1 aliphatic heterocycles. The number of phenols is 1. The summed E-state index contributed by atoms with van der Waals surface area (Å²) in [6.45, 7) is 3.83. The van der Waals surface area contributed by atoms with Crippen molar-refractivity contribution in [2.45, 2.75) is 25.4 Å². The van der Waals surface area contributed by atoms with Crippen LogP contribution in [0.1, 0.15) is 25.3 Å². The van der Waals surface area contributed by atoms with Crippen molar-refractivity contribution in [1.29, 1.82) is 0 Å². The fourth-order valence-corrected chi connectivity index (χ4v) is 2.69. The number of aromatic hydroxyl groups is 1. The zero-order valence-corrected chi connectivity index (χ0v) is 10.6. The third-order valence-corrected chi connectivity index (χ3v) is 3.96. The number of likely N-dealkylation sites (tertiary alicyclic amines) is 1. The molecular weight excluding hydrogens is 214 g/mol. The van der Waals surface area contributed by atoms with Crippen LogP contribution < -0.4 is 0 Å². The van der Waals surface area contributed by atoms with E-state index in [0.717, 1.165) is 25.9 Å². The molecule has 1 heterocycles. The molecule has 0 saturated carbocycles. The van der Waals surface area contributed by atoms with Crippen molar-refractivity contribution in [2.24, 2.45) is 5.92 Å². The molecule has 0 spiro atoms. The Labute approximate surface area is 103 Å². The molecule has 1 aliphatic rings. The molecular formula is C14H21NO2. The third-order valence-electron chi connectivity index (χ3n) is 3.96. The number of nitrogens with zero attached hydrogens (tertiary/aromatic N) is 1. The van der Waals surface area contributed by atoms with Gasteiger partial charge in [-0.2, -0.15) is 0 Å². The zero-order chi connectivity index (χ0) is 12.5. The molecule has 1 aromatic carbocycles. The summed E-state index contributed by atoms with van der Waals surface area (Å²) in [5.74, 6) is 0.406. The maximum Gasteiger partial charge on any atom is 0.121 e. The molecule has 0 aromatic heterocycles. The lowest BCUT2D eigenvalue weighted by molar-refractivity contribution is -0.0317. The van der Waals surface area contributed by atoms with Gasteiger partial charge < -0.3 is 15.1 Å². The number of phenolic OH excluding ortho intramolecular Hbond substituents is 1. The lowest BCUT2D eigenvalue weighted by Gasteiger charge is -2.39. The van der Waals surface area contributed by atoms with Gasteiger partial charge in [-0.3, -0.25) is 0 Å². The van der Waals surface area contributed by atoms with Gasteiger partial charge in [0.25, 0.3) is 0 Å². The number of rotatable bonds is 2. The van der Waals surface area contributed by atoms with Gasteiger partial charge in [-0.05, 0) is 51.9 Å². The van der Waals surface area contributed by atoms with Gasteiger partial charge >= 0.3 is 0 Å². The van der Waals surface area contributed by atoms with E-state index in [4.69, 9.17) is 0 Å². The fraction of sp³-hybridized carbons (Fsp3) is 0.571. The number of para-hydroxylation sites is 1. The molecule has 3 heteroatoms. The average Bonchev–Trinajstić information content (AvgIpc) is 2.30. The molecule has 1 aromatic rings. The topological polar surface area (TPSA) is 43.7 Å². The van der Waals surface area contributed by atoms with Crippen molar-refractivity contribution in [2.75, 3.05) is 20.1 Å². The van der Waals surface area contributed by atoms with Crippen molar-refractivity contribution >= 4 is 0 Å². The summed E-state index contributed by atoms with van der Waals surface area (Å²) < 4.78 is 0. The summed E-state index contributed by atoms with van der Waals surface area (Å²) in [4.78, 5) is 2.28. The first-order valence-electron chi connectivity index (χ1n) is 6.21. The molecule has 0 amide bonds. The molecule has 1 unspecified atom stereocenters. The predicted octanol–water partition coefficient (Wildman–Crippen LogP) is 1.94. The van der Waals surface area contributed by atoms with Crippen LogP contribution in [0.15, 0.2) is 24.3 Å². The summed E-state index contributed by atoms with van der Waals surface area (Å²) in [6, 6.07) is 7.09. The normalized spacial score (nSPS) is 22.3. The summed E-state index contributed by atoms with van der Waals surface area (Å²) in [5, 5.41) is 20.6. The largest absolute Gasteiger partial charge is 0.508 e. The van der Waals surface area contributed by atoms with Gasteiger partial charge in [0.05, 0.1) is 5.60 Å². The Balaban J connectivity index is 2.21. The summed E-state index contributed by atoms with van der Waals surface area (Å²) in [7, 11) is 2.10. The van der Waals surface area contributed by atoms with Crippen LogP contribution >= 0.6 is 0 Å². The second-order valence-electron chi connectivity index (χ2n) is 5.24. The quantitative estimate of drug-likeness (QED) is 0.823. The summed E-state index contributed by atoms with van der Waals surface area (Å²) in [6.07, 6.45) is 1.94. The SMILES string of the molecule is CN1CCC(C(C)(O)c2ccccc2O)CC1. The van der Waals surface area contributed by atoms with Crippen LogP contribution in [0.3, 0.4) is 0 Å². The molecule has 1 fully saturated rings. The van der Waals surface area contributed by atoms with Crippen LogP contribution in [0.4, 0.5) is 0 Å². The first-order chi connectivity index (χ1) is 8.01. The van der Waals surface area contributed by atoms with Crippen molar-refractivity contribution in [3.63, 3.8) is 0 Å². The predicted molar refractivity (Wildman–Crippen MR) is 67.9 cm³/mol. The number of hydrogen-bond donors (Lipinski definition) is 2. The number of piperidine rings is 1. The van der Waals surface area contributed by atoms with Crippen molar-refractivity contribution in [3.05, 3.63) is 29.8 Å². The van der Waals surface area contributed by atoms with Crippen LogP contribution in [0.5, 0.6) is 5.75 Å². The molecule has 1 atom stereocenters. The fourth-order valence-electron chi connectivity index (χ4n) is 2.69. The van der Waals surface area contributed by atoms with Gasteiger partial charge in [0, 0.05) is 5.56 Å². The van der Waals surface area contributed by atoms with Crippen molar-refractivity contribution in [1.82, 2.24) is 4.90 Å². The van der Waals surface area contributed by atoms with Gasteiger partial charge in [0.1, 0.15) is 5.75 Å². The standard InChI is InChI=1S/C14H21NO2/c1-14(17,11-7-9-15(2)10-8-11)12-5-3-4-6-13(12)16/h3-6,11,16-17H,7-10H2,1-2H3. The number of aliphatic hydroxyl groups is 1. The maximum absolute atomic E-state index is 10.7. The van der Waals surface area contributed by atoms with E-state index < -0.39 is 5.60 Å². The molecule has 0 bridgehead atoms. The molecule has 17 heavy (non-hydrogen) atoms. The van der Waals surface area contributed by atoms with E-state index in [2.05, 4.69) is 11.9 Å². The monoisotopic (exact) mass is 235 g/mol. The highest BCUT2D eigenvalue weighted by Gasteiger charge is 2.36. The average molecular weight is 235 g/mol. The Hall–Kier alpha value is -1.06. The zero-order valence-electron chi connectivity index (χ0n) is 10.6. The van der Waals surface area contributed by atoms with Crippen LogP contribution in [0, 0.1) is 5.92 Å². The smallest absolute Gasteiger partial charge is 0.121 e. The maximum atomic E-state index is 10.7. The Kier molecular flexibility index (Phi) is 3.40. The van der Waals surface area contributed by atoms with Crippen molar-refractivity contribution < 1.29 is 10.2 Å². The van der Waals surface area contributed by atoms with Gasteiger partial charge in [0.2, 0.25) is 0 Å². The highest BCUT2D eigenvalue weighted by molar-refractivity contribution is 5.36. The van der Waals surface area contributed by atoms with Crippen LogP contribution in [-0.2, 0) is 5.60 Å². The number of hydrogen-bond acceptors (Lipinski definition) is 3. The van der Waals surface area contributed by atoms with Gasteiger partial charge in [-0.25, -0.2) is 0 Å². The van der Waals surface area contributed by atoms with Crippen LogP contribution in [0.2, 0.25) is 0 Å². The second-order valence-corrected chi connectivity index (χ2v) is 5.24. The third kappa shape index (κ3) is 2.45. The van der Waals surface area contributed by atoms with Gasteiger partial charge in [-0.15, -0.1) is 0 Å². The van der Waals surface area contributed by atoms with E-state index in [9.17, 15) is 10.2 Å². The summed E-state index contributed by atoms with van der Waals surface area (Å²) in [5.41, 5.74) is -0.290. The molecule has 94 valence electrons. The Morgan fingerprint density at radius 1 is 1.24 bits per heavy atom. The Morgan fingerprint density at radius 2 is 1.82 bits per heavy atom. The minimum Gasteiger partial charge on any atom is -0.508 e.